The maximum Gasteiger partial charge on any atom is 0.242 e. The molecule has 0 saturated carbocycles. The van der Waals surface area contributed by atoms with Crippen molar-refractivity contribution in [1.82, 2.24) is 0 Å². The Hall–Kier alpha value is -3.58. The molecule has 0 nitrogen and oxygen atoms in total. The second-order valence-electron chi connectivity index (χ2n) is 9.52. The van der Waals surface area contributed by atoms with Gasteiger partial charge in [0.05, 0.1) is 0 Å². The molecule has 0 unspecified atom stereocenters. The van der Waals surface area contributed by atoms with Gasteiger partial charge in [0.25, 0.3) is 0 Å². The zero-order valence-electron chi connectivity index (χ0n) is 19.3. The van der Waals surface area contributed by atoms with Gasteiger partial charge >= 0.3 is 0 Å². The van der Waals surface area contributed by atoms with Gasteiger partial charge in [-0.3, -0.25) is 0 Å². The van der Waals surface area contributed by atoms with Gasteiger partial charge in [0.1, 0.15) is 0 Å². The largest absolute Gasteiger partial charge is 0.242 e. The summed E-state index contributed by atoms with van der Waals surface area (Å²) in [7, 11) is 0. The van der Waals surface area contributed by atoms with Crippen molar-refractivity contribution in [2.45, 2.75) is 26.7 Å². The lowest BCUT2D eigenvalue weighted by atomic mass is 9.32. The Morgan fingerprint density at radius 1 is 0.636 bits per heavy atom. The third-order valence-corrected chi connectivity index (χ3v) is 7.21. The highest BCUT2D eigenvalue weighted by Crippen LogP contribution is 2.22. The van der Waals surface area contributed by atoms with Crippen LogP contribution in [0, 0.1) is 13.8 Å². The number of hydrogen-bond donors (Lipinski definition) is 0. The number of rotatable bonds is 3. The quantitative estimate of drug-likeness (QED) is 0.332. The molecule has 33 heavy (non-hydrogen) atoms. The summed E-state index contributed by atoms with van der Waals surface area (Å²) in [6.45, 7) is 4.78. The molecule has 1 aliphatic rings. The van der Waals surface area contributed by atoms with Crippen LogP contribution < -0.4 is 16.4 Å². The van der Waals surface area contributed by atoms with Crippen LogP contribution in [0.5, 0.6) is 0 Å². The summed E-state index contributed by atoms with van der Waals surface area (Å²) >= 11 is 0. The number of fused-ring (bicyclic) bond motifs is 3. The first-order chi connectivity index (χ1) is 16.2. The van der Waals surface area contributed by atoms with E-state index >= 15 is 0 Å². The molecule has 0 radical (unpaired) electrons. The van der Waals surface area contributed by atoms with Crippen LogP contribution in [0.25, 0.3) is 10.8 Å². The average Bonchev–Trinajstić information content (AvgIpc) is 2.83. The van der Waals surface area contributed by atoms with Gasteiger partial charge in [0.15, 0.2) is 0 Å². The minimum Gasteiger partial charge on any atom is -0.0667 e. The first-order valence-corrected chi connectivity index (χ1v) is 11.9. The number of hydrogen-bond acceptors (Lipinski definition) is 0. The highest BCUT2D eigenvalue weighted by molar-refractivity contribution is 6.97. The van der Waals surface area contributed by atoms with Gasteiger partial charge < -0.3 is 0 Å². The van der Waals surface area contributed by atoms with Crippen molar-refractivity contribution in [1.29, 1.82) is 0 Å². The van der Waals surface area contributed by atoms with E-state index in [1.807, 2.05) is 0 Å². The van der Waals surface area contributed by atoms with E-state index in [1.54, 1.807) is 0 Å². The maximum atomic E-state index is 2.46. The SMILES string of the molecule is Cc1cc(C)c2c(c1)Cc1ccccc1B2c1cc2ccccc2cc1Cc1ccccc1. The van der Waals surface area contributed by atoms with Crippen LogP contribution in [0.4, 0.5) is 0 Å². The lowest BCUT2D eigenvalue weighted by Crippen LogP contribution is -2.58. The fourth-order valence-corrected chi connectivity index (χ4v) is 5.83. The molecule has 0 fully saturated rings. The van der Waals surface area contributed by atoms with Crippen molar-refractivity contribution in [3.63, 3.8) is 0 Å². The first kappa shape index (κ1) is 20.1. The molecule has 0 atom stereocenters. The summed E-state index contributed by atoms with van der Waals surface area (Å²) in [5, 5.41) is 2.64. The van der Waals surface area contributed by atoms with Gasteiger partial charge in [-0.25, -0.2) is 0 Å². The topological polar surface area (TPSA) is 0 Å². The summed E-state index contributed by atoms with van der Waals surface area (Å²) in [5.41, 5.74) is 12.9. The van der Waals surface area contributed by atoms with Crippen LogP contribution in [-0.2, 0) is 12.8 Å². The molecular formula is C32H27B. The molecule has 0 aliphatic carbocycles. The summed E-state index contributed by atoms with van der Waals surface area (Å²) < 4.78 is 0. The highest BCUT2D eigenvalue weighted by atomic mass is 14.2. The molecule has 5 aromatic rings. The van der Waals surface area contributed by atoms with Crippen molar-refractivity contribution in [2.75, 3.05) is 0 Å². The van der Waals surface area contributed by atoms with Gasteiger partial charge in [-0.1, -0.05) is 131 Å². The van der Waals surface area contributed by atoms with Gasteiger partial charge in [-0.15, -0.1) is 0 Å². The lowest BCUT2D eigenvalue weighted by Gasteiger charge is -2.30. The fourth-order valence-electron chi connectivity index (χ4n) is 5.83. The van der Waals surface area contributed by atoms with Crippen LogP contribution in [0.3, 0.4) is 0 Å². The third kappa shape index (κ3) is 3.58. The Labute approximate surface area is 197 Å². The molecule has 5 aromatic carbocycles. The van der Waals surface area contributed by atoms with E-state index in [1.165, 1.54) is 60.5 Å². The zero-order valence-corrected chi connectivity index (χ0v) is 19.3. The molecule has 0 aromatic heterocycles. The van der Waals surface area contributed by atoms with Crippen molar-refractivity contribution in [3.05, 3.63) is 137 Å². The Kier molecular flexibility index (Phi) is 4.91. The molecule has 0 bridgehead atoms. The second kappa shape index (κ2) is 8.08. The van der Waals surface area contributed by atoms with Gasteiger partial charge in [-0.05, 0) is 59.7 Å². The third-order valence-electron chi connectivity index (χ3n) is 7.21. The van der Waals surface area contributed by atoms with E-state index < -0.39 is 0 Å². The second-order valence-corrected chi connectivity index (χ2v) is 9.52. The molecule has 158 valence electrons. The number of benzene rings is 5. The van der Waals surface area contributed by atoms with E-state index in [-0.39, 0.29) is 6.71 Å². The summed E-state index contributed by atoms with van der Waals surface area (Å²) in [6.07, 6.45) is 1.96. The molecule has 6 rings (SSSR count). The predicted molar refractivity (Wildman–Crippen MR) is 143 cm³/mol. The van der Waals surface area contributed by atoms with Gasteiger partial charge in [0, 0.05) is 0 Å². The summed E-state index contributed by atoms with van der Waals surface area (Å²) in [6, 6.07) is 38.4. The molecular weight excluding hydrogens is 395 g/mol. The lowest BCUT2D eigenvalue weighted by molar-refractivity contribution is 1.18. The Bertz CT molecular complexity index is 1480. The van der Waals surface area contributed by atoms with E-state index in [9.17, 15) is 0 Å². The van der Waals surface area contributed by atoms with Crippen LogP contribution in [-0.4, -0.2) is 6.71 Å². The number of aryl methyl sites for hydroxylation is 2. The molecule has 0 amide bonds. The zero-order chi connectivity index (χ0) is 22.4. The summed E-state index contributed by atoms with van der Waals surface area (Å²) in [5.74, 6) is 0. The monoisotopic (exact) mass is 422 g/mol. The molecule has 1 heterocycles. The maximum absolute atomic E-state index is 2.46. The fraction of sp³-hybridized carbons (Fsp3) is 0.125. The molecule has 0 spiro atoms. The highest BCUT2D eigenvalue weighted by Gasteiger charge is 2.33. The Balaban J connectivity index is 1.64. The molecule has 1 heteroatoms. The first-order valence-electron chi connectivity index (χ1n) is 11.9. The van der Waals surface area contributed by atoms with E-state index in [0.29, 0.717) is 0 Å². The summed E-state index contributed by atoms with van der Waals surface area (Å²) in [4.78, 5) is 0. The normalized spacial score (nSPS) is 12.5. The molecule has 1 aliphatic heterocycles. The predicted octanol–water partition coefficient (Wildman–Crippen LogP) is 5.47. The smallest absolute Gasteiger partial charge is 0.0667 e. The van der Waals surface area contributed by atoms with Gasteiger partial charge in [0.2, 0.25) is 6.71 Å². The average molecular weight is 422 g/mol. The minimum atomic E-state index is 0.258. The van der Waals surface area contributed by atoms with E-state index in [2.05, 4.69) is 117 Å². The molecule has 0 N–H and O–H groups in total. The van der Waals surface area contributed by atoms with Crippen LogP contribution in [0.15, 0.2) is 103 Å². The van der Waals surface area contributed by atoms with Crippen molar-refractivity contribution >= 4 is 33.9 Å². The molecule has 0 saturated heterocycles. The van der Waals surface area contributed by atoms with Crippen molar-refractivity contribution in [2.24, 2.45) is 0 Å². The Morgan fingerprint density at radius 3 is 2.15 bits per heavy atom. The minimum absolute atomic E-state index is 0.258. The van der Waals surface area contributed by atoms with E-state index in [4.69, 9.17) is 0 Å². The van der Waals surface area contributed by atoms with Crippen molar-refractivity contribution in [3.8, 4) is 0 Å². The van der Waals surface area contributed by atoms with Crippen LogP contribution >= 0.6 is 0 Å². The van der Waals surface area contributed by atoms with Crippen LogP contribution in [0.2, 0.25) is 0 Å². The van der Waals surface area contributed by atoms with Crippen LogP contribution in [0.1, 0.15) is 33.4 Å². The van der Waals surface area contributed by atoms with Crippen molar-refractivity contribution < 1.29 is 0 Å². The standard InChI is InChI=1S/C32H27B/c1-22-16-23(2)32-29(17-22)20-27-14-8-9-15-30(27)33(32)31-21-26-13-7-6-12-25(26)19-28(31)18-24-10-4-3-5-11-24/h3-17,19,21H,18,20H2,1-2H3. The Morgan fingerprint density at radius 2 is 1.33 bits per heavy atom. The van der Waals surface area contributed by atoms with Gasteiger partial charge in [-0.2, -0.15) is 0 Å². The van der Waals surface area contributed by atoms with E-state index in [0.717, 1.165) is 12.8 Å².